The SMILES string of the molecule is CCOC(=O)C(=Cc1ccc(OCCCCCCCCCCOc2ccc(C=C(C(=O)OCC)C(=O)OCC)cc2)cc1)C(=O)OCC. The van der Waals surface area contributed by atoms with Crippen LogP contribution in [0, 0.1) is 0 Å². The molecule has 0 aliphatic carbocycles. The molecule has 0 heterocycles. The molecule has 0 unspecified atom stereocenters. The highest BCUT2D eigenvalue weighted by atomic mass is 16.6. The zero-order chi connectivity index (χ0) is 35.0. The van der Waals surface area contributed by atoms with E-state index in [1.807, 2.05) is 24.3 Å². The van der Waals surface area contributed by atoms with Crippen LogP contribution in [0.25, 0.3) is 12.2 Å². The molecule has 0 spiro atoms. The molecule has 0 amide bonds. The maximum Gasteiger partial charge on any atom is 0.345 e. The maximum absolute atomic E-state index is 12.2. The van der Waals surface area contributed by atoms with Gasteiger partial charge in [0.05, 0.1) is 39.6 Å². The predicted molar refractivity (Wildman–Crippen MR) is 183 cm³/mol. The Kier molecular flexibility index (Phi) is 19.5. The summed E-state index contributed by atoms with van der Waals surface area (Å²) >= 11 is 0. The maximum atomic E-state index is 12.2. The van der Waals surface area contributed by atoms with Crippen LogP contribution in [0.15, 0.2) is 59.7 Å². The predicted octanol–water partition coefficient (Wildman–Crippen LogP) is 7.28. The molecule has 0 atom stereocenters. The van der Waals surface area contributed by atoms with Crippen LogP contribution in [0.3, 0.4) is 0 Å². The van der Waals surface area contributed by atoms with E-state index in [9.17, 15) is 19.2 Å². The van der Waals surface area contributed by atoms with Crippen molar-refractivity contribution in [1.82, 2.24) is 0 Å². The van der Waals surface area contributed by atoms with Gasteiger partial charge in [-0.15, -0.1) is 0 Å². The van der Waals surface area contributed by atoms with E-state index in [4.69, 9.17) is 28.4 Å². The van der Waals surface area contributed by atoms with E-state index in [2.05, 4.69) is 0 Å². The lowest BCUT2D eigenvalue weighted by atomic mass is 10.1. The van der Waals surface area contributed by atoms with Crippen LogP contribution >= 0.6 is 0 Å². The average Bonchev–Trinajstić information content (AvgIpc) is 3.08. The quantitative estimate of drug-likeness (QED) is 0.0298. The molecule has 0 aromatic heterocycles. The van der Waals surface area contributed by atoms with Crippen molar-refractivity contribution < 1.29 is 47.6 Å². The van der Waals surface area contributed by atoms with E-state index in [1.54, 1.807) is 52.0 Å². The van der Waals surface area contributed by atoms with Crippen LogP contribution in [-0.4, -0.2) is 63.5 Å². The summed E-state index contributed by atoms with van der Waals surface area (Å²) in [7, 11) is 0. The van der Waals surface area contributed by atoms with Crippen LogP contribution in [0.4, 0.5) is 0 Å². The summed E-state index contributed by atoms with van der Waals surface area (Å²) in [4.78, 5) is 48.6. The zero-order valence-corrected chi connectivity index (χ0v) is 28.8. The van der Waals surface area contributed by atoms with Gasteiger partial charge in [-0.2, -0.15) is 0 Å². The molecule has 0 radical (unpaired) electrons. The molecule has 0 saturated heterocycles. The first-order valence-electron chi connectivity index (χ1n) is 16.9. The number of hydrogen-bond donors (Lipinski definition) is 0. The van der Waals surface area contributed by atoms with Crippen LogP contribution < -0.4 is 9.47 Å². The van der Waals surface area contributed by atoms with Gasteiger partial charge in [0.1, 0.15) is 22.6 Å². The molecule has 0 N–H and O–H groups in total. The van der Waals surface area contributed by atoms with E-state index in [0.717, 1.165) is 50.0 Å². The van der Waals surface area contributed by atoms with E-state index in [-0.39, 0.29) is 37.6 Å². The second-order valence-electron chi connectivity index (χ2n) is 10.7. The number of unbranched alkanes of at least 4 members (excludes halogenated alkanes) is 7. The number of esters is 4. The summed E-state index contributed by atoms with van der Waals surface area (Å²) in [5.41, 5.74) is 1.07. The minimum atomic E-state index is -0.707. The molecule has 48 heavy (non-hydrogen) atoms. The molecule has 2 rings (SSSR count). The molecule has 0 saturated carbocycles. The summed E-state index contributed by atoms with van der Waals surface area (Å²) in [5.74, 6) is -1.37. The molecule has 0 aliphatic heterocycles. The molecular formula is C38H50O10. The summed E-state index contributed by atoms with van der Waals surface area (Å²) in [6, 6.07) is 14.4. The minimum absolute atomic E-state index is 0.139. The van der Waals surface area contributed by atoms with E-state index >= 15 is 0 Å². The molecule has 2 aromatic carbocycles. The monoisotopic (exact) mass is 666 g/mol. The molecule has 2 aromatic rings. The first kappa shape index (κ1) is 39.6. The minimum Gasteiger partial charge on any atom is -0.494 e. The first-order valence-corrected chi connectivity index (χ1v) is 16.9. The number of rotatable bonds is 23. The van der Waals surface area contributed by atoms with Gasteiger partial charge in [-0.3, -0.25) is 0 Å². The molecule has 0 fully saturated rings. The van der Waals surface area contributed by atoms with Gasteiger partial charge in [-0.1, -0.05) is 62.8 Å². The fourth-order valence-electron chi connectivity index (χ4n) is 4.54. The Morgan fingerprint density at radius 2 is 0.708 bits per heavy atom. The third-order valence-corrected chi connectivity index (χ3v) is 6.94. The van der Waals surface area contributed by atoms with Crippen LogP contribution in [-0.2, 0) is 38.1 Å². The number of benzene rings is 2. The van der Waals surface area contributed by atoms with Gasteiger partial charge < -0.3 is 28.4 Å². The lowest BCUT2D eigenvalue weighted by Gasteiger charge is -2.08. The number of carbonyl (C=O) groups excluding carboxylic acids is 4. The fraction of sp³-hybridized carbons (Fsp3) is 0.474. The second-order valence-corrected chi connectivity index (χ2v) is 10.7. The van der Waals surface area contributed by atoms with Crippen molar-refractivity contribution >= 4 is 36.0 Å². The zero-order valence-electron chi connectivity index (χ0n) is 28.8. The standard InChI is InChI=1S/C38H50O10/c1-5-43-35(39)33(36(40)44-6-2)27-29-17-21-31(22-18-29)47-25-15-13-11-9-10-12-14-16-26-48-32-23-19-30(20-24-32)28-34(37(41)45-7-3)38(42)46-8-4/h17-24,27-28H,5-16,25-26H2,1-4H3. The van der Waals surface area contributed by atoms with Gasteiger partial charge in [0.25, 0.3) is 0 Å². The van der Waals surface area contributed by atoms with Crippen molar-refractivity contribution in [3.8, 4) is 11.5 Å². The van der Waals surface area contributed by atoms with Crippen LogP contribution in [0.5, 0.6) is 11.5 Å². The van der Waals surface area contributed by atoms with Crippen molar-refractivity contribution in [2.45, 2.75) is 79.1 Å². The van der Waals surface area contributed by atoms with Gasteiger partial charge in [-0.25, -0.2) is 19.2 Å². The van der Waals surface area contributed by atoms with Crippen molar-refractivity contribution in [3.63, 3.8) is 0 Å². The molecule has 0 bridgehead atoms. The highest BCUT2D eigenvalue weighted by Gasteiger charge is 2.22. The Labute approximate surface area is 284 Å². The summed E-state index contributed by atoms with van der Waals surface area (Å²) < 4.78 is 31.6. The first-order chi connectivity index (χ1) is 23.3. The Hall–Kier alpha value is -4.60. The molecule has 10 heteroatoms. The molecular weight excluding hydrogens is 616 g/mol. The van der Waals surface area contributed by atoms with Gasteiger partial charge in [-0.05, 0) is 88.1 Å². The normalized spacial score (nSPS) is 10.3. The van der Waals surface area contributed by atoms with Crippen molar-refractivity contribution in [3.05, 3.63) is 70.8 Å². The second kappa shape index (κ2) is 23.7. The van der Waals surface area contributed by atoms with Crippen molar-refractivity contribution in [2.24, 2.45) is 0 Å². The van der Waals surface area contributed by atoms with Crippen molar-refractivity contribution in [2.75, 3.05) is 39.6 Å². The van der Waals surface area contributed by atoms with Crippen LogP contribution in [0.1, 0.15) is 90.2 Å². The molecule has 262 valence electrons. The lowest BCUT2D eigenvalue weighted by molar-refractivity contribution is -0.148. The lowest BCUT2D eigenvalue weighted by Crippen LogP contribution is -2.18. The number of ether oxygens (including phenoxy) is 6. The van der Waals surface area contributed by atoms with Crippen LogP contribution in [0.2, 0.25) is 0 Å². The Balaban J connectivity index is 1.59. The van der Waals surface area contributed by atoms with Gasteiger partial charge in [0.2, 0.25) is 0 Å². The molecule has 10 nitrogen and oxygen atoms in total. The largest absolute Gasteiger partial charge is 0.494 e. The van der Waals surface area contributed by atoms with E-state index in [1.165, 1.54) is 25.0 Å². The Morgan fingerprint density at radius 1 is 0.438 bits per heavy atom. The smallest absolute Gasteiger partial charge is 0.345 e. The van der Waals surface area contributed by atoms with Gasteiger partial charge in [0.15, 0.2) is 0 Å². The summed E-state index contributed by atoms with van der Waals surface area (Å²) in [6.45, 7) is 8.64. The topological polar surface area (TPSA) is 124 Å². The molecule has 0 aliphatic rings. The van der Waals surface area contributed by atoms with Gasteiger partial charge in [0, 0.05) is 0 Å². The number of hydrogen-bond acceptors (Lipinski definition) is 10. The third kappa shape index (κ3) is 15.3. The Morgan fingerprint density at radius 3 is 0.979 bits per heavy atom. The summed E-state index contributed by atoms with van der Waals surface area (Å²) in [6.07, 6.45) is 11.7. The highest BCUT2D eigenvalue weighted by Crippen LogP contribution is 2.19. The fourth-order valence-corrected chi connectivity index (χ4v) is 4.54. The highest BCUT2D eigenvalue weighted by molar-refractivity contribution is 6.18. The van der Waals surface area contributed by atoms with Gasteiger partial charge >= 0.3 is 23.9 Å². The van der Waals surface area contributed by atoms with E-state index in [0.29, 0.717) is 24.3 Å². The summed E-state index contributed by atoms with van der Waals surface area (Å²) in [5, 5.41) is 0. The average molecular weight is 667 g/mol. The number of carbonyl (C=O) groups is 4. The van der Waals surface area contributed by atoms with E-state index < -0.39 is 23.9 Å². The third-order valence-electron chi connectivity index (χ3n) is 6.94. The van der Waals surface area contributed by atoms with Crippen molar-refractivity contribution in [1.29, 1.82) is 0 Å². The Bertz CT molecular complexity index is 1180.